The number of allylic oxidation sites excluding steroid dienone is 6. The highest BCUT2D eigenvalue weighted by Gasteiger charge is 2.28. The van der Waals surface area contributed by atoms with Gasteiger partial charge in [-0.15, -0.1) is 13.2 Å². The summed E-state index contributed by atoms with van der Waals surface area (Å²) in [5.74, 6) is 1.26. The predicted molar refractivity (Wildman–Crippen MR) is 133 cm³/mol. The summed E-state index contributed by atoms with van der Waals surface area (Å²) in [7, 11) is 0. The molecule has 190 valence electrons. The van der Waals surface area contributed by atoms with E-state index in [1.54, 1.807) is 31.4 Å². The Bertz CT molecular complexity index is 816. The number of hydrogen-bond acceptors (Lipinski definition) is 4. The molecule has 0 aromatic rings. The van der Waals surface area contributed by atoms with Gasteiger partial charge in [-0.1, -0.05) is 31.2 Å². The van der Waals surface area contributed by atoms with Crippen LogP contribution in [-0.4, -0.2) is 49.9 Å². The Morgan fingerprint density at radius 3 is 2.44 bits per heavy atom. The van der Waals surface area contributed by atoms with Gasteiger partial charge in [-0.05, 0) is 83.0 Å². The van der Waals surface area contributed by atoms with Crippen LogP contribution in [0, 0.1) is 0 Å². The maximum atomic E-state index is 12.2. The molecular formula is C26H38F3N3O2. The van der Waals surface area contributed by atoms with Crippen molar-refractivity contribution in [2.45, 2.75) is 53.3 Å². The molecule has 0 saturated carbocycles. The summed E-state index contributed by atoms with van der Waals surface area (Å²) in [6.07, 6.45) is 10.8. The second-order valence-corrected chi connectivity index (χ2v) is 7.82. The largest absolute Gasteiger partial charge is 0.522 e. The normalized spacial score (nSPS) is 17.9. The van der Waals surface area contributed by atoms with Gasteiger partial charge in [0.05, 0.1) is 6.61 Å². The number of nitrogens with zero attached hydrogens (tertiary/aromatic N) is 2. The van der Waals surface area contributed by atoms with Crippen LogP contribution in [-0.2, 0) is 9.47 Å². The number of aliphatic imine (C=N–C) groups is 1. The van der Waals surface area contributed by atoms with E-state index in [-0.39, 0.29) is 0 Å². The van der Waals surface area contributed by atoms with E-state index in [0.29, 0.717) is 23.9 Å². The summed E-state index contributed by atoms with van der Waals surface area (Å²) in [5.41, 5.74) is 2.32. The van der Waals surface area contributed by atoms with Gasteiger partial charge in [-0.25, -0.2) is 4.99 Å². The van der Waals surface area contributed by atoms with E-state index in [2.05, 4.69) is 26.5 Å². The maximum absolute atomic E-state index is 12.2. The summed E-state index contributed by atoms with van der Waals surface area (Å²) in [6, 6.07) is 0. The maximum Gasteiger partial charge on any atom is 0.522 e. The lowest BCUT2D eigenvalue weighted by atomic mass is 10.1. The topological polar surface area (TPSA) is 46.1 Å². The molecule has 1 fully saturated rings. The molecule has 0 spiro atoms. The molecule has 1 heterocycles. The molecule has 5 nitrogen and oxygen atoms in total. The molecule has 0 aliphatic carbocycles. The van der Waals surface area contributed by atoms with Gasteiger partial charge < -0.3 is 10.1 Å². The molecule has 0 aromatic carbocycles. The lowest BCUT2D eigenvalue weighted by Crippen LogP contribution is -2.32. The van der Waals surface area contributed by atoms with Gasteiger partial charge in [0.2, 0.25) is 0 Å². The molecule has 8 heteroatoms. The van der Waals surface area contributed by atoms with E-state index < -0.39 is 13.0 Å². The fourth-order valence-electron chi connectivity index (χ4n) is 3.31. The molecule has 1 saturated heterocycles. The first-order valence-electron chi connectivity index (χ1n) is 11.6. The molecular weight excluding hydrogens is 443 g/mol. The number of hydrogen-bond donors (Lipinski definition) is 1. The highest BCUT2D eigenvalue weighted by molar-refractivity contribution is 5.99. The standard InChI is InChI=1S/C26H38F3N3O2/c1-6-14-30-25(31-23(7-2)13-12-18-34-26(27,28)29)22(5)20-21(4)24(8-3)33-19-17-32-15-10-9-11-16-32/h6-8,12-14,20H,3,9-11,15-19H2,1-2,4-5H3,(H,30,31)/b13-12-,14-6+,22-20-,23-7+,24-21-. The van der Waals surface area contributed by atoms with Crippen molar-refractivity contribution < 1.29 is 22.6 Å². The fraction of sp³-hybridized carbons (Fsp3) is 0.500. The molecule has 1 aliphatic heterocycles. The fourth-order valence-corrected chi connectivity index (χ4v) is 3.31. The molecule has 0 atom stereocenters. The summed E-state index contributed by atoms with van der Waals surface area (Å²) in [4.78, 5) is 6.85. The molecule has 0 radical (unpaired) electrons. The molecule has 0 unspecified atom stereocenters. The zero-order chi connectivity index (χ0) is 25.4. The lowest BCUT2D eigenvalue weighted by Gasteiger charge is -2.26. The smallest absolute Gasteiger partial charge is 0.492 e. The summed E-state index contributed by atoms with van der Waals surface area (Å²) >= 11 is 0. The van der Waals surface area contributed by atoms with Crippen molar-refractivity contribution in [1.29, 1.82) is 0 Å². The average molecular weight is 482 g/mol. The average Bonchev–Trinajstić information content (AvgIpc) is 2.80. The van der Waals surface area contributed by atoms with Crippen LogP contribution >= 0.6 is 0 Å². The van der Waals surface area contributed by atoms with Crippen LogP contribution in [0.2, 0.25) is 0 Å². The minimum Gasteiger partial charge on any atom is -0.492 e. The zero-order valence-electron chi connectivity index (χ0n) is 20.8. The summed E-state index contributed by atoms with van der Waals surface area (Å²) in [6.45, 7) is 14.5. The highest BCUT2D eigenvalue weighted by atomic mass is 19.4. The third-order valence-corrected chi connectivity index (χ3v) is 5.06. The first kappa shape index (κ1) is 29.5. The number of ether oxygens (including phenoxy) is 2. The summed E-state index contributed by atoms with van der Waals surface area (Å²) in [5, 5.41) is 3.16. The Kier molecular flexibility index (Phi) is 14.0. The number of halogens is 3. The number of rotatable bonds is 12. The van der Waals surface area contributed by atoms with E-state index >= 15 is 0 Å². The van der Waals surface area contributed by atoms with Crippen molar-refractivity contribution in [3.63, 3.8) is 0 Å². The van der Waals surface area contributed by atoms with Crippen LogP contribution in [0.4, 0.5) is 13.2 Å². The predicted octanol–water partition coefficient (Wildman–Crippen LogP) is 6.41. The van der Waals surface area contributed by atoms with E-state index in [9.17, 15) is 13.2 Å². The van der Waals surface area contributed by atoms with Crippen LogP contribution in [0.5, 0.6) is 0 Å². The van der Waals surface area contributed by atoms with Gasteiger partial charge in [0.25, 0.3) is 0 Å². The van der Waals surface area contributed by atoms with Gasteiger partial charge >= 0.3 is 6.36 Å². The van der Waals surface area contributed by atoms with Crippen LogP contribution in [0.3, 0.4) is 0 Å². The van der Waals surface area contributed by atoms with Gasteiger partial charge in [0.15, 0.2) is 0 Å². The number of piperidine rings is 1. The monoisotopic (exact) mass is 481 g/mol. The zero-order valence-corrected chi connectivity index (χ0v) is 20.8. The van der Waals surface area contributed by atoms with Crippen LogP contribution in [0.1, 0.15) is 47.0 Å². The Morgan fingerprint density at radius 2 is 1.85 bits per heavy atom. The third kappa shape index (κ3) is 12.6. The Hall–Kier alpha value is -2.58. The molecule has 34 heavy (non-hydrogen) atoms. The van der Waals surface area contributed by atoms with Crippen molar-refractivity contribution in [1.82, 2.24) is 10.2 Å². The van der Waals surface area contributed by atoms with Gasteiger partial charge in [0, 0.05) is 18.4 Å². The highest BCUT2D eigenvalue weighted by Crippen LogP contribution is 2.16. The van der Waals surface area contributed by atoms with Crippen molar-refractivity contribution in [2.75, 3.05) is 32.8 Å². The van der Waals surface area contributed by atoms with Gasteiger partial charge in [-0.3, -0.25) is 9.64 Å². The van der Waals surface area contributed by atoms with Crippen molar-refractivity contribution in [3.05, 3.63) is 71.8 Å². The van der Waals surface area contributed by atoms with Gasteiger partial charge in [-0.2, -0.15) is 0 Å². The molecule has 0 amide bonds. The van der Waals surface area contributed by atoms with Crippen LogP contribution < -0.4 is 5.32 Å². The van der Waals surface area contributed by atoms with E-state index in [1.165, 1.54) is 31.4 Å². The molecule has 1 N–H and O–H groups in total. The second-order valence-electron chi connectivity index (χ2n) is 7.82. The number of alkyl halides is 3. The number of likely N-dealkylation sites (tertiary alicyclic amines) is 1. The van der Waals surface area contributed by atoms with E-state index in [4.69, 9.17) is 4.74 Å². The quantitative estimate of drug-likeness (QED) is 0.151. The van der Waals surface area contributed by atoms with Crippen LogP contribution in [0.25, 0.3) is 0 Å². The van der Waals surface area contributed by atoms with E-state index in [0.717, 1.165) is 30.8 Å². The summed E-state index contributed by atoms with van der Waals surface area (Å²) < 4.78 is 46.2. The first-order valence-corrected chi connectivity index (χ1v) is 11.6. The molecule has 1 rings (SSSR count). The molecule has 1 aliphatic rings. The van der Waals surface area contributed by atoms with Crippen molar-refractivity contribution >= 4 is 5.84 Å². The Balaban J connectivity index is 2.88. The third-order valence-electron chi connectivity index (χ3n) is 5.06. The second kappa shape index (κ2) is 16.1. The lowest BCUT2D eigenvalue weighted by molar-refractivity contribution is -0.319. The molecule has 0 aromatic heterocycles. The van der Waals surface area contributed by atoms with Crippen molar-refractivity contribution in [2.24, 2.45) is 4.99 Å². The van der Waals surface area contributed by atoms with Crippen molar-refractivity contribution in [3.8, 4) is 0 Å². The first-order chi connectivity index (χ1) is 16.2. The Labute approximate surface area is 202 Å². The number of nitrogens with one attached hydrogen (secondary N) is 1. The minimum atomic E-state index is -4.66. The van der Waals surface area contributed by atoms with E-state index in [1.807, 2.05) is 26.8 Å². The SMILES string of the molecule is C=C/C(OCCN1CCCCC1)=C(C)/C=C(C)\C(=N\C=C\C)NC(/C=C\COC(F)(F)F)=C/C. The van der Waals surface area contributed by atoms with Crippen LogP contribution in [0.15, 0.2) is 76.8 Å². The van der Waals surface area contributed by atoms with Gasteiger partial charge in [0.1, 0.15) is 18.2 Å². The molecule has 0 bridgehead atoms. The number of amidine groups is 1. The minimum absolute atomic E-state index is 0.559. The Morgan fingerprint density at radius 1 is 1.15 bits per heavy atom.